The quantitative estimate of drug-likeness (QED) is 0.909. The van der Waals surface area contributed by atoms with E-state index < -0.39 is 0 Å². The predicted molar refractivity (Wildman–Crippen MR) is 86.5 cm³/mol. The molecule has 2 aliphatic heterocycles. The summed E-state index contributed by atoms with van der Waals surface area (Å²) in [4.78, 5) is 13.8. The summed E-state index contributed by atoms with van der Waals surface area (Å²) in [5.41, 5.74) is 1.23. The highest BCUT2D eigenvalue weighted by Crippen LogP contribution is 2.41. The Morgan fingerprint density at radius 1 is 1.36 bits per heavy atom. The maximum atomic E-state index is 9.97. The van der Waals surface area contributed by atoms with Gasteiger partial charge in [0.1, 0.15) is 5.82 Å². The lowest BCUT2D eigenvalue weighted by Gasteiger charge is -2.53. The molecule has 2 aliphatic rings. The van der Waals surface area contributed by atoms with Crippen molar-refractivity contribution in [3.05, 3.63) is 23.8 Å². The molecule has 0 radical (unpaired) electrons. The minimum atomic E-state index is 0.115. The van der Waals surface area contributed by atoms with Crippen molar-refractivity contribution in [2.75, 3.05) is 33.3 Å². The molecule has 22 heavy (non-hydrogen) atoms. The molecule has 2 saturated heterocycles. The second-order valence-corrected chi connectivity index (χ2v) is 6.92. The van der Waals surface area contributed by atoms with Crippen LogP contribution in [0.2, 0.25) is 0 Å². The van der Waals surface area contributed by atoms with Crippen LogP contribution >= 0.6 is 0 Å². The van der Waals surface area contributed by atoms with Gasteiger partial charge in [-0.3, -0.25) is 4.90 Å². The normalized spacial score (nSPS) is 30.2. The molecule has 5 nitrogen and oxygen atoms in total. The van der Waals surface area contributed by atoms with E-state index >= 15 is 0 Å². The second-order valence-electron chi connectivity index (χ2n) is 6.92. The number of aliphatic hydroxyl groups excluding tert-OH is 1. The van der Waals surface area contributed by atoms with Gasteiger partial charge in [0.2, 0.25) is 0 Å². The molecule has 0 aromatic carbocycles. The van der Waals surface area contributed by atoms with Crippen molar-refractivity contribution in [2.45, 2.75) is 45.2 Å². The molecule has 3 rings (SSSR count). The van der Waals surface area contributed by atoms with Crippen molar-refractivity contribution in [3.63, 3.8) is 0 Å². The number of likely N-dealkylation sites (tertiary alicyclic amines) is 2. The number of aliphatic hydroxyl groups is 1. The molecule has 0 spiro atoms. The van der Waals surface area contributed by atoms with E-state index in [9.17, 15) is 5.11 Å². The van der Waals surface area contributed by atoms with Gasteiger partial charge < -0.3 is 10.0 Å². The van der Waals surface area contributed by atoms with E-state index in [0.29, 0.717) is 12.6 Å². The first-order valence-electron chi connectivity index (χ1n) is 8.51. The lowest BCUT2D eigenvalue weighted by atomic mass is 9.69. The highest BCUT2D eigenvalue weighted by Gasteiger charge is 2.46. The lowest BCUT2D eigenvalue weighted by Crippen LogP contribution is -2.61. The molecule has 0 aliphatic carbocycles. The first-order chi connectivity index (χ1) is 10.7. The Morgan fingerprint density at radius 2 is 2.23 bits per heavy atom. The van der Waals surface area contributed by atoms with Gasteiger partial charge in [-0.25, -0.2) is 9.97 Å². The van der Waals surface area contributed by atoms with E-state index in [0.717, 1.165) is 50.5 Å². The van der Waals surface area contributed by atoms with Crippen LogP contribution in [0.1, 0.15) is 37.7 Å². The van der Waals surface area contributed by atoms with Crippen LogP contribution in [0.25, 0.3) is 0 Å². The first kappa shape index (κ1) is 15.8. The van der Waals surface area contributed by atoms with E-state index in [2.05, 4.69) is 33.7 Å². The van der Waals surface area contributed by atoms with Gasteiger partial charge in [0.15, 0.2) is 0 Å². The number of hydrogen-bond donors (Lipinski definition) is 1. The van der Waals surface area contributed by atoms with Crippen LogP contribution < -0.4 is 0 Å². The van der Waals surface area contributed by atoms with Crippen molar-refractivity contribution in [2.24, 2.45) is 5.41 Å². The molecule has 0 amide bonds. The minimum Gasteiger partial charge on any atom is -0.396 e. The molecule has 3 heterocycles. The van der Waals surface area contributed by atoms with Crippen LogP contribution in [0.4, 0.5) is 0 Å². The highest BCUT2D eigenvalue weighted by molar-refractivity contribution is 5.05. The fraction of sp³-hybridized carbons (Fsp3) is 0.765. The Balaban J connectivity index is 1.70. The summed E-state index contributed by atoms with van der Waals surface area (Å²) in [7, 11) is 2.21. The predicted octanol–water partition coefficient (Wildman–Crippen LogP) is 1.32. The van der Waals surface area contributed by atoms with E-state index in [1.807, 2.05) is 12.3 Å². The van der Waals surface area contributed by atoms with E-state index in [-0.39, 0.29) is 5.41 Å². The van der Waals surface area contributed by atoms with Gasteiger partial charge in [-0.2, -0.15) is 0 Å². The van der Waals surface area contributed by atoms with Crippen LogP contribution in [0, 0.1) is 5.41 Å². The number of aryl methyl sites for hydroxylation is 1. The lowest BCUT2D eigenvalue weighted by molar-refractivity contribution is -0.0686. The SMILES string of the molecule is CCc1nccc(CN2CC[C@@]3(CO)CCCN(C)[C@@H]3C2)n1. The average Bonchev–Trinajstić information content (AvgIpc) is 2.56. The number of hydrogen-bond acceptors (Lipinski definition) is 5. The number of nitrogens with zero attached hydrogens (tertiary/aromatic N) is 4. The maximum absolute atomic E-state index is 9.97. The fourth-order valence-corrected chi connectivity index (χ4v) is 4.15. The van der Waals surface area contributed by atoms with Gasteiger partial charge in [-0.05, 0) is 45.5 Å². The smallest absolute Gasteiger partial charge is 0.128 e. The number of piperidine rings is 2. The largest absolute Gasteiger partial charge is 0.396 e. The fourth-order valence-electron chi connectivity index (χ4n) is 4.15. The standard InChI is InChI=1S/C17H28N4O/c1-3-16-18-8-5-14(19-16)11-21-10-7-17(13-22)6-4-9-20(2)15(17)12-21/h5,8,15,22H,3-4,6-7,9-13H2,1-2H3/t15-,17-/m1/s1. The molecule has 2 fully saturated rings. The van der Waals surface area contributed by atoms with Crippen LogP contribution in [0.15, 0.2) is 12.3 Å². The monoisotopic (exact) mass is 304 g/mol. The van der Waals surface area contributed by atoms with Crippen LogP contribution in [-0.2, 0) is 13.0 Å². The Labute approximate surface area is 133 Å². The zero-order valence-electron chi connectivity index (χ0n) is 13.8. The van der Waals surface area contributed by atoms with Crippen molar-refractivity contribution >= 4 is 0 Å². The van der Waals surface area contributed by atoms with Crippen molar-refractivity contribution in [1.29, 1.82) is 0 Å². The molecule has 2 atom stereocenters. The number of likely N-dealkylation sites (N-methyl/N-ethyl adjacent to an activating group) is 1. The van der Waals surface area contributed by atoms with Gasteiger partial charge >= 0.3 is 0 Å². The third kappa shape index (κ3) is 3.03. The van der Waals surface area contributed by atoms with Crippen molar-refractivity contribution in [3.8, 4) is 0 Å². The molecule has 0 unspecified atom stereocenters. The van der Waals surface area contributed by atoms with E-state index in [1.54, 1.807) is 0 Å². The van der Waals surface area contributed by atoms with Gasteiger partial charge in [-0.1, -0.05) is 6.92 Å². The van der Waals surface area contributed by atoms with E-state index in [1.165, 1.54) is 12.8 Å². The molecule has 1 aromatic rings. The molecule has 0 saturated carbocycles. The highest BCUT2D eigenvalue weighted by atomic mass is 16.3. The Hall–Kier alpha value is -1.04. The molecule has 1 N–H and O–H groups in total. The first-order valence-corrected chi connectivity index (χ1v) is 8.51. The summed E-state index contributed by atoms with van der Waals surface area (Å²) in [6.45, 7) is 6.53. The Morgan fingerprint density at radius 3 is 3.00 bits per heavy atom. The molecule has 122 valence electrons. The zero-order valence-corrected chi connectivity index (χ0v) is 13.8. The van der Waals surface area contributed by atoms with Gasteiger partial charge in [0.05, 0.1) is 12.3 Å². The van der Waals surface area contributed by atoms with E-state index in [4.69, 9.17) is 0 Å². The molecule has 0 bridgehead atoms. The van der Waals surface area contributed by atoms with Gasteiger partial charge in [0, 0.05) is 37.2 Å². The summed E-state index contributed by atoms with van der Waals surface area (Å²) >= 11 is 0. The molecular formula is C17H28N4O. The number of rotatable bonds is 4. The van der Waals surface area contributed by atoms with Crippen molar-refractivity contribution in [1.82, 2.24) is 19.8 Å². The Kier molecular flexibility index (Phi) is 4.76. The Bertz CT molecular complexity index is 509. The second kappa shape index (κ2) is 6.60. The zero-order chi connectivity index (χ0) is 15.6. The van der Waals surface area contributed by atoms with Crippen LogP contribution in [0.3, 0.4) is 0 Å². The minimum absolute atomic E-state index is 0.115. The molecule has 1 aromatic heterocycles. The number of aromatic nitrogens is 2. The van der Waals surface area contributed by atoms with Crippen LogP contribution in [0.5, 0.6) is 0 Å². The average molecular weight is 304 g/mol. The van der Waals surface area contributed by atoms with Crippen molar-refractivity contribution < 1.29 is 5.11 Å². The van der Waals surface area contributed by atoms with Crippen LogP contribution in [-0.4, -0.2) is 64.2 Å². The maximum Gasteiger partial charge on any atom is 0.128 e. The summed E-state index contributed by atoms with van der Waals surface area (Å²) < 4.78 is 0. The molecule has 5 heteroatoms. The summed E-state index contributed by atoms with van der Waals surface area (Å²) in [5.74, 6) is 0.925. The summed E-state index contributed by atoms with van der Waals surface area (Å²) in [5, 5.41) is 9.97. The third-order valence-electron chi connectivity index (χ3n) is 5.56. The molecular weight excluding hydrogens is 276 g/mol. The third-order valence-corrected chi connectivity index (χ3v) is 5.56. The topological polar surface area (TPSA) is 52.5 Å². The number of fused-ring (bicyclic) bond motifs is 1. The van der Waals surface area contributed by atoms with Gasteiger partial charge in [0.25, 0.3) is 0 Å². The summed E-state index contributed by atoms with van der Waals surface area (Å²) in [6, 6.07) is 2.49. The summed E-state index contributed by atoms with van der Waals surface area (Å²) in [6.07, 6.45) is 6.21. The van der Waals surface area contributed by atoms with Gasteiger partial charge in [-0.15, -0.1) is 0 Å².